The molecule has 1 aliphatic carbocycles. The lowest BCUT2D eigenvalue weighted by Crippen LogP contribution is -2.09. The summed E-state index contributed by atoms with van der Waals surface area (Å²) < 4.78 is 2.29. The maximum Gasteiger partial charge on any atom is 0.0795 e. The molecule has 0 fully saturated rings. The average molecular weight is 568 g/mol. The number of nitrogens with two attached hydrogens (primary N) is 1. The van der Waals surface area contributed by atoms with E-state index in [2.05, 4.69) is 88.4 Å². The molecule has 0 saturated heterocycles. The molecule has 0 bridgehead atoms. The number of allylic oxidation sites excluding steroid dienone is 4. The molecule has 4 N–H and O–H groups in total. The number of anilines is 1. The zero-order valence-corrected chi connectivity index (χ0v) is 23.9. The van der Waals surface area contributed by atoms with Crippen molar-refractivity contribution in [3.63, 3.8) is 0 Å². The van der Waals surface area contributed by atoms with Gasteiger partial charge in [0.05, 0.1) is 28.0 Å². The van der Waals surface area contributed by atoms with Crippen LogP contribution in [0.1, 0.15) is 5.56 Å². The van der Waals surface area contributed by atoms with Gasteiger partial charge < -0.3 is 10.3 Å². The van der Waals surface area contributed by atoms with Gasteiger partial charge in [0.25, 0.3) is 0 Å². The zero-order chi connectivity index (χ0) is 30.0. The first-order chi connectivity index (χ1) is 21.5. The first kappa shape index (κ1) is 26.8. The van der Waals surface area contributed by atoms with Crippen molar-refractivity contribution in [2.75, 3.05) is 5.73 Å². The number of fused-ring (bicyclic) bond motifs is 4. The molecule has 5 heteroatoms. The lowest BCUT2D eigenvalue weighted by atomic mass is 9.96. The van der Waals surface area contributed by atoms with Gasteiger partial charge in [0.2, 0.25) is 0 Å². The lowest BCUT2D eigenvalue weighted by Gasteiger charge is -2.11. The Bertz CT molecular complexity index is 2250. The molecule has 1 aliphatic rings. The minimum absolute atomic E-state index is 0.246. The van der Waals surface area contributed by atoms with Crippen LogP contribution in [0.25, 0.3) is 55.1 Å². The first-order valence-electron chi connectivity index (χ1n) is 14.4. The lowest BCUT2D eigenvalue weighted by molar-refractivity contribution is 1.18. The van der Waals surface area contributed by atoms with Gasteiger partial charge in [-0.3, -0.25) is 15.8 Å². The third kappa shape index (κ3) is 5.08. The normalized spacial score (nSPS) is 12.8. The van der Waals surface area contributed by atoms with Crippen LogP contribution in [0.3, 0.4) is 0 Å². The minimum Gasteiger partial charge on any atom is -0.399 e. The van der Waals surface area contributed by atoms with Crippen LogP contribution in [0.5, 0.6) is 0 Å². The summed E-state index contributed by atoms with van der Waals surface area (Å²) in [4.78, 5) is 4.45. The minimum atomic E-state index is 0.246. The highest BCUT2D eigenvalue weighted by Gasteiger charge is 2.14. The average Bonchev–Trinajstić information content (AvgIpc) is 3.40. The molecule has 210 valence electrons. The molecule has 0 saturated carbocycles. The van der Waals surface area contributed by atoms with Crippen LogP contribution in [0.15, 0.2) is 152 Å². The van der Waals surface area contributed by atoms with Crippen molar-refractivity contribution >= 4 is 55.4 Å². The third-order valence-electron chi connectivity index (χ3n) is 7.88. The van der Waals surface area contributed by atoms with Gasteiger partial charge in [0, 0.05) is 39.3 Å². The number of hydrogen-bond acceptors (Lipinski definition) is 4. The van der Waals surface area contributed by atoms with Crippen molar-refractivity contribution in [3.05, 3.63) is 157 Å². The van der Waals surface area contributed by atoms with E-state index in [1.54, 1.807) is 12.2 Å². The molecule has 7 aromatic rings. The van der Waals surface area contributed by atoms with Crippen LogP contribution in [0, 0.1) is 10.8 Å². The Morgan fingerprint density at radius 2 is 1.27 bits per heavy atom. The van der Waals surface area contributed by atoms with Crippen LogP contribution < -0.4 is 5.73 Å². The highest BCUT2D eigenvalue weighted by Crippen LogP contribution is 2.34. The van der Waals surface area contributed by atoms with Crippen LogP contribution >= 0.6 is 0 Å². The number of rotatable bonds is 3. The summed E-state index contributed by atoms with van der Waals surface area (Å²) in [6, 6.07) is 43.4. The standard InChI is InChI=1S/C24H17N3.C15H12N2/c25-21-13-11-16(14-22(21)26)17-10-12-20-19-8-4-5-9-23(19)27(24(20)15-17)18-6-2-1-3-7-18;16-14-7-5-11(6-8-14)13-9-12-3-1-2-4-15(12)17-10-13/h1-15,25-26H;1-10H,16H2. The van der Waals surface area contributed by atoms with Gasteiger partial charge in [-0.05, 0) is 77.4 Å². The quantitative estimate of drug-likeness (QED) is 0.147. The molecule has 0 aliphatic heterocycles. The van der Waals surface area contributed by atoms with Gasteiger partial charge in [-0.2, -0.15) is 0 Å². The molecule has 5 aromatic carbocycles. The third-order valence-corrected chi connectivity index (χ3v) is 7.88. The Hall–Kier alpha value is -6.07. The fourth-order valence-corrected chi connectivity index (χ4v) is 5.63. The molecule has 44 heavy (non-hydrogen) atoms. The van der Waals surface area contributed by atoms with Crippen molar-refractivity contribution in [1.29, 1.82) is 10.8 Å². The predicted octanol–water partition coefficient (Wildman–Crippen LogP) is 9.26. The molecule has 0 amide bonds. The molecule has 0 spiro atoms. The van der Waals surface area contributed by atoms with Gasteiger partial charge in [-0.1, -0.05) is 84.9 Å². The summed E-state index contributed by atoms with van der Waals surface area (Å²) in [6.07, 6.45) is 7.26. The number of para-hydroxylation sites is 3. The van der Waals surface area contributed by atoms with Crippen LogP contribution in [0.4, 0.5) is 5.69 Å². The van der Waals surface area contributed by atoms with Gasteiger partial charge in [-0.25, -0.2) is 0 Å². The second-order valence-electron chi connectivity index (χ2n) is 10.7. The summed E-state index contributed by atoms with van der Waals surface area (Å²) in [5.74, 6) is 0. The molecular weight excluding hydrogens is 538 g/mol. The molecule has 2 aromatic heterocycles. The van der Waals surface area contributed by atoms with E-state index >= 15 is 0 Å². The van der Waals surface area contributed by atoms with Crippen LogP contribution in [0.2, 0.25) is 0 Å². The fraction of sp³-hybridized carbons (Fsp3) is 0. The summed E-state index contributed by atoms with van der Waals surface area (Å²) >= 11 is 0. The maximum atomic E-state index is 7.94. The van der Waals surface area contributed by atoms with E-state index in [0.29, 0.717) is 0 Å². The van der Waals surface area contributed by atoms with Gasteiger partial charge in [0.1, 0.15) is 0 Å². The number of pyridine rings is 1. The molecule has 8 rings (SSSR count). The summed E-state index contributed by atoms with van der Waals surface area (Å²) in [7, 11) is 0. The fourth-order valence-electron chi connectivity index (χ4n) is 5.63. The number of aromatic nitrogens is 2. The largest absolute Gasteiger partial charge is 0.399 e. The monoisotopic (exact) mass is 567 g/mol. The predicted molar refractivity (Wildman–Crippen MR) is 185 cm³/mol. The topological polar surface area (TPSA) is 91.5 Å². The van der Waals surface area contributed by atoms with Gasteiger partial charge in [-0.15, -0.1) is 0 Å². The van der Waals surface area contributed by atoms with Crippen LogP contribution in [-0.4, -0.2) is 21.0 Å². The first-order valence-corrected chi connectivity index (χ1v) is 14.4. The molecule has 0 atom stereocenters. The number of nitrogen functional groups attached to an aromatic ring is 1. The Morgan fingerprint density at radius 3 is 2.09 bits per heavy atom. The zero-order valence-electron chi connectivity index (χ0n) is 23.9. The number of nitrogens with zero attached hydrogens (tertiary/aromatic N) is 2. The number of hydrogen-bond donors (Lipinski definition) is 3. The molecule has 0 radical (unpaired) electrons. The molecule has 0 unspecified atom stereocenters. The SMILES string of the molecule is N=C1C=CC(c2ccc3c4ccccc4n(-c4ccccc4)c3c2)=CC1=N.Nc1ccc(-c2cnc3ccccc3c2)cc1. The van der Waals surface area contributed by atoms with E-state index in [1.807, 2.05) is 60.8 Å². The van der Waals surface area contributed by atoms with Crippen LogP contribution in [-0.2, 0) is 0 Å². The highest BCUT2D eigenvalue weighted by atomic mass is 15.0. The van der Waals surface area contributed by atoms with Gasteiger partial charge >= 0.3 is 0 Å². The Labute approximate surface area is 255 Å². The van der Waals surface area contributed by atoms with E-state index < -0.39 is 0 Å². The molecular formula is C39H29N5. The summed E-state index contributed by atoms with van der Waals surface area (Å²) in [5.41, 5.74) is 15.7. The Morgan fingerprint density at radius 1 is 0.568 bits per heavy atom. The maximum absolute atomic E-state index is 7.94. The second kappa shape index (κ2) is 11.3. The Kier molecular flexibility index (Phi) is 6.89. The summed E-state index contributed by atoms with van der Waals surface area (Å²) in [6.45, 7) is 0. The second-order valence-corrected chi connectivity index (χ2v) is 10.7. The van der Waals surface area contributed by atoms with Crippen molar-refractivity contribution in [2.24, 2.45) is 0 Å². The van der Waals surface area contributed by atoms with Crippen molar-refractivity contribution in [3.8, 4) is 16.8 Å². The number of nitrogens with one attached hydrogen (secondary N) is 2. The van der Waals surface area contributed by atoms with E-state index in [-0.39, 0.29) is 11.4 Å². The highest BCUT2D eigenvalue weighted by molar-refractivity contribution is 6.50. The number of benzene rings is 5. The van der Waals surface area contributed by atoms with Crippen molar-refractivity contribution in [2.45, 2.75) is 0 Å². The van der Waals surface area contributed by atoms with E-state index in [9.17, 15) is 0 Å². The van der Waals surface area contributed by atoms with Gasteiger partial charge in [0.15, 0.2) is 0 Å². The summed E-state index contributed by atoms with van der Waals surface area (Å²) in [5, 5.41) is 19.3. The van der Waals surface area contributed by atoms with E-state index in [1.165, 1.54) is 16.3 Å². The smallest absolute Gasteiger partial charge is 0.0795 e. The molecule has 2 heterocycles. The van der Waals surface area contributed by atoms with E-state index in [4.69, 9.17) is 16.6 Å². The van der Waals surface area contributed by atoms with Crippen molar-refractivity contribution in [1.82, 2.24) is 9.55 Å². The molecule has 5 nitrogen and oxygen atoms in total. The Balaban J connectivity index is 0.000000158. The van der Waals surface area contributed by atoms with E-state index in [0.717, 1.165) is 50.1 Å². The van der Waals surface area contributed by atoms with Crippen molar-refractivity contribution < 1.29 is 0 Å².